The molecular weight excluding hydrogens is 372 g/mol. The van der Waals surface area contributed by atoms with Gasteiger partial charge >= 0.3 is 0 Å². The van der Waals surface area contributed by atoms with Crippen LogP contribution in [0.25, 0.3) is 0 Å². The first-order chi connectivity index (χ1) is 9.01. The number of rotatable bonds is 3. The van der Waals surface area contributed by atoms with Gasteiger partial charge < -0.3 is 10.5 Å². The van der Waals surface area contributed by atoms with E-state index in [4.69, 9.17) is 45.3 Å². The number of halogens is 4. The topological polar surface area (TPSA) is 35.2 Å². The lowest BCUT2D eigenvalue weighted by Crippen LogP contribution is -1.99. The summed E-state index contributed by atoms with van der Waals surface area (Å²) >= 11 is 21.4. The van der Waals surface area contributed by atoms with Crippen molar-refractivity contribution in [3.05, 3.63) is 55.4 Å². The molecule has 0 bridgehead atoms. The van der Waals surface area contributed by atoms with Gasteiger partial charge in [0.25, 0.3) is 0 Å². The largest absolute Gasteiger partial charge is 0.455 e. The van der Waals surface area contributed by atoms with Gasteiger partial charge in [-0.15, -0.1) is 0 Å². The molecule has 2 aromatic rings. The maximum absolute atomic E-state index is 6.11. The highest BCUT2D eigenvalue weighted by molar-refractivity contribution is 9.10. The Kier molecular flexibility index (Phi) is 4.98. The highest BCUT2D eigenvalue weighted by Crippen LogP contribution is 2.37. The van der Waals surface area contributed by atoms with Crippen molar-refractivity contribution in [2.24, 2.45) is 5.73 Å². The Morgan fingerprint density at radius 2 is 1.74 bits per heavy atom. The van der Waals surface area contributed by atoms with Crippen LogP contribution in [0, 0.1) is 0 Å². The molecule has 0 aromatic heterocycles. The van der Waals surface area contributed by atoms with E-state index in [1.807, 2.05) is 6.07 Å². The number of hydrogen-bond acceptors (Lipinski definition) is 2. The molecule has 100 valence electrons. The summed E-state index contributed by atoms with van der Waals surface area (Å²) in [6.07, 6.45) is 0. The van der Waals surface area contributed by atoms with E-state index in [0.717, 1.165) is 5.56 Å². The maximum atomic E-state index is 6.11. The monoisotopic (exact) mass is 379 g/mol. The zero-order valence-electron chi connectivity index (χ0n) is 9.59. The summed E-state index contributed by atoms with van der Waals surface area (Å²) in [6, 6.07) is 8.57. The molecule has 0 radical (unpaired) electrons. The van der Waals surface area contributed by atoms with Crippen molar-refractivity contribution in [3.8, 4) is 11.5 Å². The molecule has 0 atom stereocenters. The van der Waals surface area contributed by atoms with Crippen molar-refractivity contribution in [2.75, 3.05) is 0 Å². The fourth-order valence-electron chi connectivity index (χ4n) is 1.49. The lowest BCUT2D eigenvalue weighted by atomic mass is 10.2. The highest BCUT2D eigenvalue weighted by atomic mass is 79.9. The third-order valence-electron chi connectivity index (χ3n) is 2.44. The molecule has 0 aliphatic heterocycles. The van der Waals surface area contributed by atoms with Crippen LogP contribution >= 0.6 is 50.7 Å². The summed E-state index contributed by atoms with van der Waals surface area (Å²) in [5.41, 5.74) is 6.49. The highest BCUT2D eigenvalue weighted by Gasteiger charge is 2.10. The Morgan fingerprint density at radius 3 is 2.42 bits per heavy atom. The van der Waals surface area contributed by atoms with Crippen molar-refractivity contribution in [3.63, 3.8) is 0 Å². The summed E-state index contributed by atoms with van der Waals surface area (Å²) in [5, 5.41) is 1.52. The van der Waals surface area contributed by atoms with E-state index in [-0.39, 0.29) is 0 Å². The molecule has 2 nitrogen and oxygen atoms in total. The average molecular weight is 381 g/mol. The molecule has 19 heavy (non-hydrogen) atoms. The van der Waals surface area contributed by atoms with Crippen LogP contribution in [-0.2, 0) is 6.54 Å². The normalized spacial score (nSPS) is 10.6. The van der Waals surface area contributed by atoms with Crippen LogP contribution in [0.5, 0.6) is 11.5 Å². The van der Waals surface area contributed by atoms with Crippen LogP contribution < -0.4 is 10.5 Å². The lowest BCUT2D eigenvalue weighted by molar-refractivity contribution is 0.476. The summed E-state index contributed by atoms with van der Waals surface area (Å²) in [5.74, 6) is 1.02. The molecule has 0 aliphatic carbocycles. The van der Waals surface area contributed by atoms with Gasteiger partial charge in [0.2, 0.25) is 0 Å². The molecule has 0 heterocycles. The van der Waals surface area contributed by atoms with Crippen molar-refractivity contribution < 1.29 is 4.74 Å². The first kappa shape index (κ1) is 14.9. The summed E-state index contributed by atoms with van der Waals surface area (Å²) in [7, 11) is 0. The minimum Gasteiger partial charge on any atom is -0.455 e. The first-order valence-corrected chi connectivity index (χ1v) is 7.25. The zero-order chi connectivity index (χ0) is 14.0. The Morgan fingerprint density at radius 1 is 1.00 bits per heavy atom. The molecule has 0 saturated heterocycles. The molecule has 2 aromatic carbocycles. The predicted octanol–water partition coefficient (Wildman–Crippen LogP) is 5.66. The van der Waals surface area contributed by atoms with E-state index < -0.39 is 0 Å². The second-order valence-corrected chi connectivity index (χ2v) is 5.86. The van der Waals surface area contributed by atoms with Crippen LogP contribution in [0.2, 0.25) is 15.1 Å². The maximum Gasteiger partial charge on any atom is 0.147 e. The molecule has 2 rings (SSSR count). The summed E-state index contributed by atoms with van der Waals surface area (Å²) in [6.45, 7) is 0.342. The van der Waals surface area contributed by atoms with E-state index in [1.54, 1.807) is 24.3 Å². The van der Waals surface area contributed by atoms with E-state index in [9.17, 15) is 0 Å². The van der Waals surface area contributed by atoms with Gasteiger partial charge in [-0.3, -0.25) is 0 Å². The van der Waals surface area contributed by atoms with E-state index in [1.165, 1.54) is 0 Å². The molecule has 2 N–H and O–H groups in total. The van der Waals surface area contributed by atoms with Crippen molar-refractivity contribution in [2.45, 2.75) is 6.54 Å². The zero-order valence-corrected chi connectivity index (χ0v) is 13.4. The summed E-state index contributed by atoms with van der Waals surface area (Å²) < 4.78 is 6.45. The molecule has 0 saturated carbocycles. The van der Waals surface area contributed by atoms with Gasteiger partial charge in [-0.2, -0.15) is 0 Å². The number of hydrogen-bond donors (Lipinski definition) is 1. The third-order valence-corrected chi connectivity index (χ3v) is 4.17. The summed E-state index contributed by atoms with van der Waals surface area (Å²) in [4.78, 5) is 0. The van der Waals surface area contributed by atoms with Crippen molar-refractivity contribution >= 4 is 50.7 Å². The van der Waals surface area contributed by atoms with Crippen LogP contribution in [0.1, 0.15) is 5.56 Å². The smallest absolute Gasteiger partial charge is 0.147 e. The SMILES string of the molecule is NCc1ccc(Cl)cc1Oc1cc(Cl)c(Br)cc1Cl. The lowest BCUT2D eigenvalue weighted by Gasteiger charge is -2.12. The van der Waals surface area contributed by atoms with Gasteiger partial charge in [-0.25, -0.2) is 0 Å². The minimum absolute atomic E-state index is 0.342. The Balaban J connectivity index is 2.41. The molecule has 0 spiro atoms. The van der Waals surface area contributed by atoms with Gasteiger partial charge in [0.15, 0.2) is 0 Å². The Labute approximate surface area is 134 Å². The molecule has 0 unspecified atom stereocenters. The van der Waals surface area contributed by atoms with Gasteiger partial charge in [0.1, 0.15) is 11.5 Å². The fourth-order valence-corrected chi connectivity index (χ4v) is 2.49. The van der Waals surface area contributed by atoms with Crippen molar-refractivity contribution in [1.82, 2.24) is 0 Å². The van der Waals surface area contributed by atoms with Crippen LogP contribution in [0.4, 0.5) is 0 Å². The minimum atomic E-state index is 0.342. The third kappa shape index (κ3) is 3.56. The molecule has 0 fully saturated rings. The van der Waals surface area contributed by atoms with Crippen LogP contribution in [0.15, 0.2) is 34.8 Å². The molecule has 6 heteroatoms. The fraction of sp³-hybridized carbons (Fsp3) is 0.0769. The van der Waals surface area contributed by atoms with E-state index in [0.29, 0.717) is 37.6 Å². The van der Waals surface area contributed by atoms with E-state index in [2.05, 4.69) is 15.9 Å². The number of nitrogens with two attached hydrogens (primary N) is 1. The second-order valence-electron chi connectivity index (χ2n) is 3.75. The average Bonchev–Trinajstić information content (AvgIpc) is 2.36. The quantitative estimate of drug-likeness (QED) is 0.696. The van der Waals surface area contributed by atoms with Gasteiger partial charge in [-0.1, -0.05) is 40.9 Å². The molecular formula is C13H9BrCl3NO. The number of benzene rings is 2. The van der Waals surface area contributed by atoms with E-state index >= 15 is 0 Å². The van der Waals surface area contributed by atoms with Gasteiger partial charge in [0.05, 0.1) is 10.0 Å². The number of ether oxygens (including phenoxy) is 1. The molecule has 0 amide bonds. The van der Waals surface area contributed by atoms with Crippen LogP contribution in [-0.4, -0.2) is 0 Å². The van der Waals surface area contributed by atoms with Crippen LogP contribution in [0.3, 0.4) is 0 Å². The Hall–Kier alpha value is -0.450. The first-order valence-electron chi connectivity index (χ1n) is 5.32. The van der Waals surface area contributed by atoms with Crippen molar-refractivity contribution in [1.29, 1.82) is 0 Å². The molecule has 0 aliphatic rings. The second kappa shape index (κ2) is 6.33. The standard InChI is InChI=1S/C13H9BrCl3NO/c14-9-4-11(17)13(5-10(9)16)19-12-3-8(15)2-1-7(12)6-18/h1-5H,6,18H2. The van der Waals surface area contributed by atoms with Gasteiger partial charge in [0, 0.05) is 27.7 Å². The predicted molar refractivity (Wildman–Crippen MR) is 83.6 cm³/mol. The Bertz CT molecular complexity index is 619. The van der Waals surface area contributed by atoms with Gasteiger partial charge in [-0.05, 0) is 34.1 Å².